The summed E-state index contributed by atoms with van der Waals surface area (Å²) in [5, 5.41) is 5.59. The number of carbonyl (C=O) groups is 1. The second kappa shape index (κ2) is 9.23. The normalized spacial score (nSPS) is 10.4. The van der Waals surface area contributed by atoms with E-state index in [9.17, 15) is 4.79 Å². The van der Waals surface area contributed by atoms with E-state index in [0.717, 1.165) is 27.6 Å². The van der Waals surface area contributed by atoms with E-state index in [1.54, 1.807) is 21.3 Å². The SMILES string of the molecule is COc1ccc(CNC(=O)Cc2csc(-c3cccc(OC)c3OC)n2)cc1. The summed E-state index contributed by atoms with van der Waals surface area (Å²) < 4.78 is 15.9. The molecule has 1 aromatic heterocycles. The zero-order chi connectivity index (χ0) is 19.9. The van der Waals surface area contributed by atoms with Gasteiger partial charge >= 0.3 is 0 Å². The number of para-hydroxylation sites is 1. The number of thiazole rings is 1. The lowest BCUT2D eigenvalue weighted by Crippen LogP contribution is -2.24. The van der Waals surface area contributed by atoms with Crippen molar-refractivity contribution < 1.29 is 19.0 Å². The Morgan fingerprint density at radius 3 is 2.50 bits per heavy atom. The smallest absolute Gasteiger partial charge is 0.226 e. The van der Waals surface area contributed by atoms with Crippen LogP contribution in [0, 0.1) is 0 Å². The number of aromatic nitrogens is 1. The third-order valence-corrected chi connectivity index (χ3v) is 5.10. The number of methoxy groups -OCH3 is 3. The van der Waals surface area contributed by atoms with Gasteiger partial charge in [0.25, 0.3) is 0 Å². The zero-order valence-corrected chi connectivity index (χ0v) is 16.8. The van der Waals surface area contributed by atoms with Gasteiger partial charge in [0.15, 0.2) is 11.5 Å². The van der Waals surface area contributed by atoms with Gasteiger partial charge in [0, 0.05) is 11.9 Å². The first-order valence-corrected chi connectivity index (χ1v) is 9.58. The Morgan fingerprint density at radius 1 is 1.04 bits per heavy atom. The van der Waals surface area contributed by atoms with Gasteiger partial charge in [0.2, 0.25) is 5.91 Å². The average Bonchev–Trinajstić information content (AvgIpc) is 3.20. The second-order valence-corrected chi connectivity index (χ2v) is 6.84. The third kappa shape index (κ3) is 4.61. The largest absolute Gasteiger partial charge is 0.497 e. The van der Waals surface area contributed by atoms with Gasteiger partial charge in [-0.15, -0.1) is 11.3 Å². The van der Waals surface area contributed by atoms with Crippen LogP contribution in [0.1, 0.15) is 11.3 Å². The summed E-state index contributed by atoms with van der Waals surface area (Å²) in [4.78, 5) is 16.9. The summed E-state index contributed by atoms with van der Waals surface area (Å²) in [7, 11) is 4.82. The van der Waals surface area contributed by atoms with Crippen LogP contribution >= 0.6 is 11.3 Å². The molecule has 0 saturated heterocycles. The summed E-state index contributed by atoms with van der Waals surface area (Å²) in [6.45, 7) is 0.462. The van der Waals surface area contributed by atoms with Gasteiger partial charge in [0.05, 0.1) is 39.0 Å². The molecule has 0 unspecified atom stereocenters. The van der Waals surface area contributed by atoms with Crippen LogP contribution in [0.3, 0.4) is 0 Å². The van der Waals surface area contributed by atoms with E-state index in [4.69, 9.17) is 14.2 Å². The molecule has 0 spiro atoms. The van der Waals surface area contributed by atoms with E-state index in [1.165, 1.54) is 11.3 Å². The highest BCUT2D eigenvalue weighted by Crippen LogP contribution is 2.38. The fourth-order valence-corrected chi connectivity index (χ4v) is 3.58. The number of carbonyl (C=O) groups excluding carboxylic acids is 1. The van der Waals surface area contributed by atoms with E-state index in [-0.39, 0.29) is 12.3 Å². The van der Waals surface area contributed by atoms with Crippen molar-refractivity contribution in [2.24, 2.45) is 0 Å². The standard InChI is InChI=1S/C21H22N2O4S/c1-25-16-9-7-14(8-10-16)12-22-19(24)11-15-13-28-21(23-15)17-5-4-6-18(26-2)20(17)27-3/h4-10,13H,11-12H2,1-3H3,(H,22,24). The Morgan fingerprint density at radius 2 is 1.82 bits per heavy atom. The van der Waals surface area contributed by atoms with E-state index in [1.807, 2.05) is 47.8 Å². The number of rotatable bonds is 8. The first-order chi connectivity index (χ1) is 13.6. The highest BCUT2D eigenvalue weighted by molar-refractivity contribution is 7.13. The molecule has 1 heterocycles. The molecule has 0 saturated carbocycles. The van der Waals surface area contributed by atoms with Crippen LogP contribution in [0.5, 0.6) is 17.2 Å². The maximum atomic E-state index is 12.3. The molecule has 0 aliphatic rings. The van der Waals surface area contributed by atoms with Crippen LogP contribution in [0.4, 0.5) is 0 Å². The van der Waals surface area contributed by atoms with Crippen LogP contribution < -0.4 is 19.5 Å². The Hall–Kier alpha value is -3.06. The quantitative estimate of drug-likeness (QED) is 0.627. The molecule has 7 heteroatoms. The van der Waals surface area contributed by atoms with Crippen molar-refractivity contribution in [3.8, 4) is 27.8 Å². The van der Waals surface area contributed by atoms with E-state index in [2.05, 4.69) is 10.3 Å². The van der Waals surface area contributed by atoms with E-state index in [0.29, 0.717) is 18.0 Å². The Labute approximate surface area is 168 Å². The van der Waals surface area contributed by atoms with Crippen molar-refractivity contribution >= 4 is 17.2 Å². The summed E-state index contributed by atoms with van der Waals surface area (Å²) in [5.41, 5.74) is 2.57. The van der Waals surface area contributed by atoms with Crippen molar-refractivity contribution in [1.29, 1.82) is 0 Å². The minimum Gasteiger partial charge on any atom is -0.497 e. The van der Waals surface area contributed by atoms with Crippen LogP contribution in [0.25, 0.3) is 10.6 Å². The average molecular weight is 398 g/mol. The highest BCUT2D eigenvalue weighted by Gasteiger charge is 2.15. The highest BCUT2D eigenvalue weighted by atomic mass is 32.1. The molecule has 146 valence electrons. The Bertz CT molecular complexity index is 938. The van der Waals surface area contributed by atoms with Crippen molar-refractivity contribution in [3.05, 3.63) is 59.1 Å². The lowest BCUT2D eigenvalue weighted by Gasteiger charge is -2.10. The molecular weight excluding hydrogens is 376 g/mol. The summed E-state index contributed by atoms with van der Waals surface area (Å²) in [5.74, 6) is 1.99. The van der Waals surface area contributed by atoms with E-state index < -0.39 is 0 Å². The van der Waals surface area contributed by atoms with Crippen LogP contribution in [-0.4, -0.2) is 32.2 Å². The predicted octanol–water partition coefficient (Wildman–Crippen LogP) is 3.69. The van der Waals surface area contributed by atoms with Crippen LogP contribution in [0.15, 0.2) is 47.8 Å². The maximum absolute atomic E-state index is 12.3. The number of hydrogen-bond acceptors (Lipinski definition) is 6. The molecule has 0 radical (unpaired) electrons. The summed E-state index contributed by atoms with van der Waals surface area (Å²) >= 11 is 1.47. The zero-order valence-electron chi connectivity index (χ0n) is 16.0. The molecule has 28 heavy (non-hydrogen) atoms. The van der Waals surface area contributed by atoms with Gasteiger partial charge < -0.3 is 19.5 Å². The first kappa shape index (κ1) is 19.7. The number of hydrogen-bond donors (Lipinski definition) is 1. The molecule has 0 bridgehead atoms. The molecule has 0 aliphatic heterocycles. The first-order valence-electron chi connectivity index (χ1n) is 8.70. The molecule has 0 fully saturated rings. The second-order valence-electron chi connectivity index (χ2n) is 5.99. The number of benzene rings is 2. The number of amides is 1. The number of ether oxygens (including phenoxy) is 3. The van der Waals surface area contributed by atoms with Gasteiger partial charge in [-0.05, 0) is 29.8 Å². The van der Waals surface area contributed by atoms with Crippen molar-refractivity contribution in [1.82, 2.24) is 10.3 Å². The molecule has 6 nitrogen and oxygen atoms in total. The van der Waals surface area contributed by atoms with Gasteiger partial charge in [-0.3, -0.25) is 4.79 Å². The molecule has 0 atom stereocenters. The van der Waals surface area contributed by atoms with Gasteiger partial charge in [0.1, 0.15) is 10.8 Å². The lowest BCUT2D eigenvalue weighted by atomic mass is 10.2. The van der Waals surface area contributed by atoms with E-state index >= 15 is 0 Å². The minimum atomic E-state index is -0.0784. The Balaban J connectivity index is 1.63. The Kier molecular flexibility index (Phi) is 6.49. The van der Waals surface area contributed by atoms with Crippen molar-refractivity contribution in [3.63, 3.8) is 0 Å². The molecular formula is C21H22N2O4S. The van der Waals surface area contributed by atoms with Crippen LogP contribution in [0.2, 0.25) is 0 Å². The maximum Gasteiger partial charge on any atom is 0.226 e. The minimum absolute atomic E-state index is 0.0784. The predicted molar refractivity (Wildman–Crippen MR) is 109 cm³/mol. The number of nitrogens with zero attached hydrogens (tertiary/aromatic N) is 1. The van der Waals surface area contributed by atoms with Gasteiger partial charge in [-0.2, -0.15) is 0 Å². The summed E-state index contributed by atoms with van der Waals surface area (Å²) in [6.07, 6.45) is 0.221. The molecule has 3 aromatic rings. The molecule has 1 N–H and O–H groups in total. The summed E-state index contributed by atoms with van der Waals surface area (Å²) in [6, 6.07) is 13.2. The molecule has 0 aliphatic carbocycles. The topological polar surface area (TPSA) is 69.7 Å². The molecule has 2 aromatic carbocycles. The fraction of sp³-hybridized carbons (Fsp3) is 0.238. The molecule has 1 amide bonds. The van der Waals surface area contributed by atoms with Crippen molar-refractivity contribution in [2.45, 2.75) is 13.0 Å². The third-order valence-electron chi connectivity index (χ3n) is 4.18. The van der Waals surface area contributed by atoms with Gasteiger partial charge in [-0.25, -0.2) is 4.98 Å². The van der Waals surface area contributed by atoms with Crippen LogP contribution in [-0.2, 0) is 17.8 Å². The van der Waals surface area contributed by atoms with Crippen molar-refractivity contribution in [2.75, 3.05) is 21.3 Å². The van der Waals surface area contributed by atoms with Gasteiger partial charge in [-0.1, -0.05) is 18.2 Å². The fourth-order valence-electron chi connectivity index (χ4n) is 2.74. The number of nitrogens with one attached hydrogen (secondary N) is 1. The molecule has 3 rings (SSSR count). The lowest BCUT2D eigenvalue weighted by molar-refractivity contribution is -0.120. The monoisotopic (exact) mass is 398 g/mol.